The van der Waals surface area contributed by atoms with E-state index in [1.54, 1.807) is 18.2 Å². The minimum absolute atomic E-state index is 0.0974. The summed E-state index contributed by atoms with van der Waals surface area (Å²) in [6.07, 6.45) is 0. The number of benzene rings is 1. The number of carboxylic acid groups (broad SMARTS) is 1. The van der Waals surface area contributed by atoms with Crippen molar-refractivity contribution in [1.82, 2.24) is 4.90 Å². The molecule has 1 aromatic rings. The summed E-state index contributed by atoms with van der Waals surface area (Å²) < 4.78 is 26.9. The topological polar surface area (TPSA) is 89.9 Å². The molecule has 1 heterocycles. The van der Waals surface area contributed by atoms with E-state index in [1.807, 2.05) is 0 Å². The van der Waals surface area contributed by atoms with Crippen LogP contribution in [0.25, 0.3) is 0 Å². The van der Waals surface area contributed by atoms with Crippen LogP contribution in [0.2, 0.25) is 0 Å². The molecule has 0 fully saturated rings. The lowest BCUT2D eigenvalue weighted by Gasteiger charge is -2.19. The Morgan fingerprint density at radius 2 is 2.06 bits per heavy atom. The van der Waals surface area contributed by atoms with E-state index in [4.69, 9.17) is 0 Å². The minimum atomic E-state index is -3.70. The van der Waals surface area contributed by atoms with E-state index in [1.165, 1.54) is 18.0 Å². The molecule has 0 aromatic heterocycles. The number of rotatable bonds is 2. The minimum Gasteiger partial charge on any atom is -0.548 e. The first-order valence-corrected chi connectivity index (χ1v) is 6.21. The molecule has 1 aromatic carbocycles. The summed E-state index contributed by atoms with van der Waals surface area (Å²) in [6.45, 7) is -0.414. The van der Waals surface area contributed by atoms with Crippen LogP contribution in [0, 0.1) is 0 Å². The van der Waals surface area contributed by atoms with Crippen LogP contribution >= 0.6 is 0 Å². The molecule has 0 spiro atoms. The average Bonchev–Trinajstić information content (AvgIpc) is 2.51. The highest BCUT2D eigenvalue weighted by molar-refractivity contribution is 7.90. The number of amidine groups is 1. The number of carbonyl (C=O) groups excluding carboxylic acids is 1. The van der Waals surface area contributed by atoms with Crippen molar-refractivity contribution in [2.75, 3.05) is 13.6 Å². The van der Waals surface area contributed by atoms with Gasteiger partial charge in [-0.1, -0.05) is 12.1 Å². The molecule has 2 rings (SSSR count). The standard InChI is InChI=1S/C10H10N2O4S/c1-12(6-9(13)14)10-7-4-2-3-5-8(7)17(15,16)11-10/h2-5H,6H2,1H3,(H,13,14)/p-1. The SMILES string of the molecule is CN(CC(=O)[O-])C1=NS(=O)(=O)c2ccccc21. The maximum Gasteiger partial charge on any atom is 0.285 e. The van der Waals surface area contributed by atoms with E-state index in [0.29, 0.717) is 5.56 Å². The number of likely N-dealkylation sites (N-methyl/N-ethyl adjacent to an activating group) is 1. The lowest BCUT2D eigenvalue weighted by atomic mass is 10.2. The first kappa shape index (κ1) is 11.6. The number of sulfonamides is 1. The number of hydrogen-bond acceptors (Lipinski definition) is 5. The van der Waals surface area contributed by atoms with E-state index in [-0.39, 0.29) is 10.7 Å². The van der Waals surface area contributed by atoms with E-state index >= 15 is 0 Å². The van der Waals surface area contributed by atoms with Crippen LogP contribution in [-0.2, 0) is 14.8 Å². The van der Waals surface area contributed by atoms with Gasteiger partial charge in [0.15, 0.2) is 5.84 Å². The number of hydrogen-bond donors (Lipinski definition) is 0. The van der Waals surface area contributed by atoms with E-state index < -0.39 is 22.5 Å². The largest absolute Gasteiger partial charge is 0.548 e. The van der Waals surface area contributed by atoms with E-state index in [2.05, 4.69) is 4.40 Å². The fourth-order valence-electron chi connectivity index (χ4n) is 1.63. The fourth-order valence-corrected chi connectivity index (χ4v) is 2.88. The third-order valence-electron chi connectivity index (χ3n) is 2.34. The fraction of sp³-hybridized carbons (Fsp3) is 0.200. The number of carbonyl (C=O) groups is 1. The number of nitrogens with zero attached hydrogens (tertiary/aromatic N) is 2. The molecule has 6 nitrogen and oxygen atoms in total. The predicted octanol–water partition coefficient (Wildman–Crippen LogP) is -1.18. The molecule has 0 N–H and O–H groups in total. The van der Waals surface area contributed by atoms with Gasteiger partial charge in [-0.05, 0) is 12.1 Å². The van der Waals surface area contributed by atoms with Gasteiger partial charge >= 0.3 is 0 Å². The smallest absolute Gasteiger partial charge is 0.285 e. The van der Waals surface area contributed by atoms with E-state index in [9.17, 15) is 18.3 Å². The summed E-state index contributed by atoms with van der Waals surface area (Å²) in [5.74, 6) is -1.17. The Labute approximate surface area is 98.3 Å². The second kappa shape index (κ2) is 3.85. The second-order valence-corrected chi connectivity index (χ2v) is 5.19. The van der Waals surface area contributed by atoms with Crippen molar-refractivity contribution < 1.29 is 18.3 Å². The average molecular weight is 253 g/mol. The summed E-state index contributed by atoms with van der Waals surface area (Å²) in [5, 5.41) is 10.5. The Kier molecular flexibility index (Phi) is 2.62. The quantitative estimate of drug-likeness (QED) is 0.661. The summed E-state index contributed by atoms with van der Waals surface area (Å²) in [5.41, 5.74) is 0.413. The molecule has 0 atom stereocenters. The van der Waals surface area contributed by atoms with Crippen molar-refractivity contribution in [2.45, 2.75) is 4.90 Å². The zero-order valence-electron chi connectivity index (χ0n) is 8.95. The highest BCUT2D eigenvalue weighted by Gasteiger charge is 2.30. The molecule has 0 aliphatic carbocycles. The van der Waals surface area contributed by atoms with Gasteiger partial charge in [0.1, 0.15) is 4.90 Å². The van der Waals surface area contributed by atoms with Gasteiger partial charge in [-0.15, -0.1) is 4.40 Å². The molecule has 0 bridgehead atoms. The van der Waals surface area contributed by atoms with Gasteiger partial charge < -0.3 is 14.8 Å². The summed E-state index contributed by atoms with van der Waals surface area (Å²) in [4.78, 5) is 11.8. The Morgan fingerprint density at radius 1 is 1.41 bits per heavy atom. The van der Waals surface area contributed by atoms with Gasteiger partial charge in [0.05, 0.1) is 12.5 Å². The molecule has 1 aliphatic rings. The van der Waals surface area contributed by atoms with Gasteiger partial charge in [-0.3, -0.25) is 0 Å². The highest BCUT2D eigenvalue weighted by Crippen LogP contribution is 2.26. The molecule has 0 amide bonds. The van der Waals surface area contributed by atoms with Crippen molar-refractivity contribution in [2.24, 2.45) is 4.40 Å². The van der Waals surface area contributed by atoms with Crippen LogP contribution in [0.4, 0.5) is 0 Å². The molecule has 7 heteroatoms. The maximum atomic E-state index is 11.7. The second-order valence-electron chi connectivity index (χ2n) is 3.61. The van der Waals surface area contributed by atoms with Crippen molar-refractivity contribution in [3.05, 3.63) is 29.8 Å². The number of carboxylic acids is 1. The summed E-state index contributed by atoms with van der Waals surface area (Å²) in [7, 11) is -2.25. The van der Waals surface area contributed by atoms with Gasteiger partial charge in [-0.25, -0.2) is 0 Å². The molecule has 1 aliphatic heterocycles. The highest BCUT2D eigenvalue weighted by atomic mass is 32.2. The van der Waals surface area contributed by atoms with Crippen LogP contribution in [0.15, 0.2) is 33.6 Å². The first-order valence-electron chi connectivity index (χ1n) is 4.77. The van der Waals surface area contributed by atoms with Crippen LogP contribution in [0.1, 0.15) is 5.56 Å². The van der Waals surface area contributed by atoms with Gasteiger partial charge in [0.2, 0.25) is 0 Å². The predicted molar refractivity (Wildman–Crippen MR) is 57.8 cm³/mol. The lowest BCUT2D eigenvalue weighted by molar-refractivity contribution is -0.305. The van der Waals surface area contributed by atoms with Gasteiger partial charge in [0, 0.05) is 12.6 Å². The molecular formula is C10H9N2O4S-. The zero-order chi connectivity index (χ0) is 12.6. The van der Waals surface area contributed by atoms with Crippen LogP contribution < -0.4 is 5.11 Å². The van der Waals surface area contributed by atoms with Crippen molar-refractivity contribution >= 4 is 21.8 Å². The molecule has 0 saturated carbocycles. The summed E-state index contributed by atoms with van der Waals surface area (Å²) in [6, 6.07) is 6.29. The molecule has 17 heavy (non-hydrogen) atoms. The summed E-state index contributed by atoms with van der Waals surface area (Å²) >= 11 is 0. The van der Waals surface area contributed by atoms with Gasteiger partial charge in [-0.2, -0.15) is 8.42 Å². The van der Waals surface area contributed by atoms with Crippen molar-refractivity contribution in [1.29, 1.82) is 0 Å². The Bertz CT molecular complexity index is 606. The van der Waals surface area contributed by atoms with Crippen LogP contribution in [0.3, 0.4) is 0 Å². The maximum absolute atomic E-state index is 11.7. The van der Waals surface area contributed by atoms with E-state index in [0.717, 1.165) is 0 Å². The zero-order valence-corrected chi connectivity index (χ0v) is 9.77. The van der Waals surface area contributed by atoms with Gasteiger partial charge in [0.25, 0.3) is 10.0 Å². The monoisotopic (exact) mass is 253 g/mol. The number of fused-ring (bicyclic) bond motifs is 1. The number of aliphatic carboxylic acids is 1. The van der Waals surface area contributed by atoms with Crippen LogP contribution in [-0.4, -0.2) is 38.7 Å². The Morgan fingerprint density at radius 3 is 2.71 bits per heavy atom. The van der Waals surface area contributed by atoms with Crippen molar-refractivity contribution in [3.8, 4) is 0 Å². The molecule has 0 saturated heterocycles. The van der Waals surface area contributed by atoms with Crippen LogP contribution in [0.5, 0.6) is 0 Å². The molecular weight excluding hydrogens is 244 g/mol. The molecule has 0 unspecified atom stereocenters. The Hall–Kier alpha value is -1.89. The van der Waals surface area contributed by atoms with Crippen molar-refractivity contribution in [3.63, 3.8) is 0 Å². The first-order chi connectivity index (χ1) is 7.92. The Balaban J connectivity index is 2.48. The normalized spacial score (nSPS) is 16.2. The third kappa shape index (κ3) is 2.01. The third-order valence-corrected chi connectivity index (χ3v) is 3.67. The lowest BCUT2D eigenvalue weighted by Crippen LogP contribution is -2.39. The molecule has 0 radical (unpaired) electrons. The molecule has 90 valence electrons.